The number of rotatable bonds is 3. The number of aromatic nitrogens is 2. The number of ether oxygens (including phenoxy) is 1. The smallest absolute Gasteiger partial charge is 0.358 e. The molecule has 0 aliphatic heterocycles. The summed E-state index contributed by atoms with van der Waals surface area (Å²) in [6.07, 6.45) is 1.51. The molecule has 1 aromatic carbocycles. The molecule has 0 atom stereocenters. The van der Waals surface area contributed by atoms with Gasteiger partial charge in [0.15, 0.2) is 11.5 Å². The Morgan fingerprint density at radius 2 is 2.14 bits per heavy atom. The van der Waals surface area contributed by atoms with Crippen LogP contribution in [0.1, 0.15) is 10.5 Å². The van der Waals surface area contributed by atoms with E-state index < -0.39 is 11.8 Å². The summed E-state index contributed by atoms with van der Waals surface area (Å²) in [7, 11) is 1.27. The first-order valence-electron chi connectivity index (χ1n) is 6.17. The molecular weight excluding hydrogens is 275 g/mol. The summed E-state index contributed by atoms with van der Waals surface area (Å²) in [4.78, 5) is 11.6. The van der Waals surface area contributed by atoms with Crippen molar-refractivity contribution >= 4 is 5.97 Å². The number of nitrogens with zero attached hydrogens (tertiary/aromatic N) is 2. The Labute approximate surface area is 119 Å². The molecule has 21 heavy (non-hydrogen) atoms. The van der Waals surface area contributed by atoms with Gasteiger partial charge in [-0.1, -0.05) is 6.07 Å². The summed E-state index contributed by atoms with van der Waals surface area (Å²) in [5.74, 6) is -0.451. The quantitative estimate of drug-likeness (QED) is 0.694. The van der Waals surface area contributed by atoms with Crippen molar-refractivity contribution in [3.63, 3.8) is 0 Å². The summed E-state index contributed by atoms with van der Waals surface area (Å²) in [6, 6.07) is 10.9. The molecule has 0 aliphatic carbocycles. The molecule has 0 unspecified atom stereocenters. The molecule has 5 nitrogen and oxygen atoms in total. The van der Waals surface area contributed by atoms with Gasteiger partial charge < -0.3 is 9.15 Å². The Hall–Kier alpha value is -2.89. The van der Waals surface area contributed by atoms with Crippen LogP contribution in [0.4, 0.5) is 4.39 Å². The van der Waals surface area contributed by atoms with Crippen molar-refractivity contribution in [3.05, 3.63) is 60.2 Å². The second-order valence-corrected chi connectivity index (χ2v) is 4.28. The lowest BCUT2D eigenvalue weighted by atomic mass is 10.2. The molecule has 0 bridgehead atoms. The van der Waals surface area contributed by atoms with Crippen LogP contribution >= 0.6 is 0 Å². The van der Waals surface area contributed by atoms with Crippen LogP contribution in [0.15, 0.2) is 53.1 Å². The Kier molecular flexibility index (Phi) is 3.27. The molecule has 0 amide bonds. The Bertz CT molecular complexity index is 778. The van der Waals surface area contributed by atoms with Gasteiger partial charge in [-0.25, -0.2) is 13.9 Å². The lowest BCUT2D eigenvalue weighted by Gasteiger charge is -2.05. The zero-order valence-corrected chi connectivity index (χ0v) is 11.1. The Morgan fingerprint density at radius 1 is 1.29 bits per heavy atom. The van der Waals surface area contributed by atoms with Crippen molar-refractivity contribution in [2.24, 2.45) is 0 Å². The molecule has 0 fully saturated rings. The van der Waals surface area contributed by atoms with E-state index in [0.29, 0.717) is 17.1 Å². The van der Waals surface area contributed by atoms with E-state index in [1.165, 1.54) is 36.3 Å². The van der Waals surface area contributed by atoms with Gasteiger partial charge in [0, 0.05) is 6.07 Å². The number of carbonyl (C=O) groups is 1. The molecule has 0 aliphatic rings. The van der Waals surface area contributed by atoms with Gasteiger partial charge in [0.1, 0.15) is 11.5 Å². The number of hydrogen-bond donors (Lipinski definition) is 0. The fraction of sp³-hybridized carbons (Fsp3) is 0.0667. The van der Waals surface area contributed by atoms with Gasteiger partial charge in [0.2, 0.25) is 0 Å². The monoisotopic (exact) mass is 286 g/mol. The van der Waals surface area contributed by atoms with Gasteiger partial charge in [0.05, 0.1) is 19.1 Å². The van der Waals surface area contributed by atoms with E-state index in [-0.39, 0.29) is 5.69 Å². The van der Waals surface area contributed by atoms with Crippen molar-refractivity contribution in [1.82, 2.24) is 9.78 Å². The van der Waals surface area contributed by atoms with E-state index in [0.717, 1.165) is 0 Å². The molecule has 2 aromatic heterocycles. The molecule has 0 saturated carbocycles. The van der Waals surface area contributed by atoms with E-state index >= 15 is 0 Å². The number of hydrogen-bond acceptors (Lipinski definition) is 4. The molecule has 6 heteroatoms. The van der Waals surface area contributed by atoms with Gasteiger partial charge in [-0.2, -0.15) is 5.10 Å². The third-order valence-electron chi connectivity index (χ3n) is 2.93. The van der Waals surface area contributed by atoms with Crippen LogP contribution in [0, 0.1) is 5.82 Å². The first-order chi connectivity index (χ1) is 10.2. The molecule has 0 saturated heterocycles. The number of halogens is 1. The maximum absolute atomic E-state index is 13.4. The predicted octanol–water partition coefficient (Wildman–Crippen LogP) is 3.06. The number of furan rings is 1. The number of esters is 1. The van der Waals surface area contributed by atoms with Crippen LogP contribution in [0.3, 0.4) is 0 Å². The van der Waals surface area contributed by atoms with Crippen LogP contribution < -0.4 is 0 Å². The molecule has 3 aromatic rings. The summed E-state index contributed by atoms with van der Waals surface area (Å²) in [5, 5.41) is 4.16. The van der Waals surface area contributed by atoms with Crippen molar-refractivity contribution < 1.29 is 18.3 Å². The average Bonchev–Trinajstić information content (AvgIpc) is 3.15. The largest absolute Gasteiger partial charge is 0.464 e. The lowest BCUT2D eigenvalue weighted by molar-refractivity contribution is 0.0593. The van der Waals surface area contributed by atoms with Gasteiger partial charge in [-0.15, -0.1) is 0 Å². The highest BCUT2D eigenvalue weighted by atomic mass is 19.1. The van der Waals surface area contributed by atoms with Gasteiger partial charge >= 0.3 is 5.97 Å². The highest BCUT2D eigenvalue weighted by Crippen LogP contribution is 2.25. The molecule has 0 radical (unpaired) electrons. The molecule has 106 valence electrons. The first kappa shape index (κ1) is 13.1. The maximum Gasteiger partial charge on any atom is 0.358 e. The first-order valence-corrected chi connectivity index (χ1v) is 6.17. The lowest BCUT2D eigenvalue weighted by Crippen LogP contribution is -2.04. The summed E-state index contributed by atoms with van der Waals surface area (Å²) in [5.41, 5.74) is 1.13. The van der Waals surface area contributed by atoms with E-state index in [9.17, 15) is 9.18 Å². The van der Waals surface area contributed by atoms with Crippen molar-refractivity contribution in [1.29, 1.82) is 0 Å². The second-order valence-electron chi connectivity index (χ2n) is 4.28. The van der Waals surface area contributed by atoms with Crippen LogP contribution in [-0.4, -0.2) is 22.9 Å². The molecule has 0 N–H and O–H groups in total. The Morgan fingerprint density at radius 3 is 2.81 bits per heavy atom. The maximum atomic E-state index is 13.4. The minimum Gasteiger partial charge on any atom is -0.464 e. The van der Waals surface area contributed by atoms with Gasteiger partial charge in [-0.05, 0) is 30.3 Å². The fourth-order valence-electron chi connectivity index (χ4n) is 1.99. The molecular formula is C15H11FN2O3. The standard InChI is InChI=1S/C15H11FN2O3/c1-20-15(19)12-9-13(14-6-3-7-21-14)18(17-12)11-5-2-4-10(16)8-11/h2-9H,1H3. The summed E-state index contributed by atoms with van der Waals surface area (Å²) < 4.78 is 24.8. The van der Waals surface area contributed by atoms with E-state index in [2.05, 4.69) is 9.84 Å². The molecule has 2 heterocycles. The van der Waals surface area contributed by atoms with Crippen LogP contribution in [-0.2, 0) is 4.74 Å². The van der Waals surface area contributed by atoms with Crippen molar-refractivity contribution in [2.45, 2.75) is 0 Å². The van der Waals surface area contributed by atoms with E-state index in [4.69, 9.17) is 4.42 Å². The van der Waals surface area contributed by atoms with Gasteiger partial charge in [-0.3, -0.25) is 0 Å². The molecule has 3 rings (SSSR count). The average molecular weight is 286 g/mol. The predicted molar refractivity (Wildman–Crippen MR) is 72.6 cm³/mol. The van der Waals surface area contributed by atoms with Crippen molar-refractivity contribution in [3.8, 4) is 17.1 Å². The summed E-state index contributed by atoms with van der Waals surface area (Å²) >= 11 is 0. The van der Waals surface area contributed by atoms with Crippen molar-refractivity contribution in [2.75, 3.05) is 7.11 Å². The number of carbonyl (C=O) groups excluding carboxylic acids is 1. The topological polar surface area (TPSA) is 57.3 Å². The minimum atomic E-state index is -0.571. The third-order valence-corrected chi connectivity index (χ3v) is 2.93. The fourth-order valence-corrected chi connectivity index (χ4v) is 1.99. The SMILES string of the molecule is COC(=O)c1cc(-c2ccco2)n(-c2cccc(F)c2)n1. The van der Waals surface area contributed by atoms with Crippen LogP contribution in [0.2, 0.25) is 0 Å². The Balaban J connectivity index is 2.18. The summed E-state index contributed by atoms with van der Waals surface area (Å²) in [6.45, 7) is 0. The highest BCUT2D eigenvalue weighted by molar-refractivity contribution is 5.88. The normalized spacial score (nSPS) is 10.6. The zero-order chi connectivity index (χ0) is 14.8. The van der Waals surface area contributed by atoms with E-state index in [1.807, 2.05) is 0 Å². The zero-order valence-electron chi connectivity index (χ0n) is 11.1. The van der Waals surface area contributed by atoms with E-state index in [1.54, 1.807) is 24.3 Å². The number of benzene rings is 1. The minimum absolute atomic E-state index is 0.119. The van der Waals surface area contributed by atoms with Crippen LogP contribution in [0.25, 0.3) is 17.1 Å². The highest BCUT2D eigenvalue weighted by Gasteiger charge is 2.18. The third kappa shape index (κ3) is 2.43. The van der Waals surface area contributed by atoms with Crippen LogP contribution in [0.5, 0.6) is 0 Å². The molecule has 0 spiro atoms. The second kappa shape index (κ2) is 5.24. The number of methoxy groups -OCH3 is 1. The van der Waals surface area contributed by atoms with Gasteiger partial charge in [0.25, 0.3) is 0 Å².